The predicted octanol–water partition coefficient (Wildman–Crippen LogP) is 3.64. The number of pyridine rings is 2. The third-order valence-corrected chi connectivity index (χ3v) is 4.05. The lowest BCUT2D eigenvalue weighted by molar-refractivity contribution is 0.912. The van der Waals surface area contributed by atoms with Gasteiger partial charge in [-0.3, -0.25) is 4.98 Å². The Morgan fingerprint density at radius 3 is 2.73 bits per heavy atom. The van der Waals surface area contributed by atoms with Crippen LogP contribution in [0.5, 0.6) is 0 Å². The molecular weight excluding hydrogens is 322 g/mol. The Kier molecular flexibility index (Phi) is 5.45. The Morgan fingerprint density at radius 2 is 2.00 bits per heavy atom. The third-order valence-electron chi connectivity index (χ3n) is 4.05. The first kappa shape index (κ1) is 17.4. The number of nitrogen functional groups attached to an aromatic ring is 1. The molecule has 0 bridgehead atoms. The van der Waals surface area contributed by atoms with Crippen LogP contribution in [0.15, 0.2) is 54.9 Å². The maximum atomic E-state index is 9.31. The van der Waals surface area contributed by atoms with Gasteiger partial charge in [0.1, 0.15) is 5.82 Å². The average molecular weight is 343 g/mol. The Labute approximate surface area is 153 Å². The van der Waals surface area contributed by atoms with Crippen LogP contribution in [0.4, 0.5) is 11.5 Å². The first-order valence-electron chi connectivity index (χ1n) is 8.52. The van der Waals surface area contributed by atoms with E-state index >= 15 is 0 Å². The number of nitriles is 1. The molecule has 0 radical (unpaired) electrons. The first-order chi connectivity index (χ1) is 12.6. The van der Waals surface area contributed by atoms with Crippen LogP contribution in [-0.2, 0) is 19.4 Å². The highest BCUT2D eigenvalue weighted by molar-refractivity contribution is 5.52. The molecule has 2 aromatic heterocycles. The van der Waals surface area contributed by atoms with Crippen LogP contribution in [0.1, 0.15) is 27.9 Å². The summed E-state index contributed by atoms with van der Waals surface area (Å²) < 4.78 is 0. The molecule has 1 aromatic carbocycles. The highest BCUT2D eigenvalue weighted by Crippen LogP contribution is 2.18. The van der Waals surface area contributed by atoms with E-state index in [1.807, 2.05) is 49.5 Å². The lowest BCUT2D eigenvalue weighted by Gasteiger charge is -2.10. The molecule has 0 spiro atoms. The average Bonchev–Trinajstić information content (AvgIpc) is 2.65. The van der Waals surface area contributed by atoms with E-state index in [0.717, 1.165) is 40.9 Å². The lowest BCUT2D eigenvalue weighted by Crippen LogP contribution is -2.02. The number of nitrogens with one attached hydrogen (secondary N) is 1. The molecule has 0 saturated carbocycles. The van der Waals surface area contributed by atoms with Crippen molar-refractivity contribution >= 4 is 11.5 Å². The Hall–Kier alpha value is -3.39. The molecule has 3 N–H and O–H groups in total. The molecule has 0 aliphatic heterocycles. The van der Waals surface area contributed by atoms with Crippen molar-refractivity contribution in [3.8, 4) is 6.07 Å². The van der Waals surface area contributed by atoms with E-state index in [-0.39, 0.29) is 0 Å². The topological polar surface area (TPSA) is 87.6 Å². The van der Waals surface area contributed by atoms with Crippen LogP contribution >= 0.6 is 0 Å². The van der Waals surface area contributed by atoms with Gasteiger partial charge in [-0.05, 0) is 72.9 Å². The maximum Gasteiger partial charge on any atom is 0.123 e. The molecule has 5 nitrogen and oxygen atoms in total. The van der Waals surface area contributed by atoms with Gasteiger partial charge >= 0.3 is 0 Å². The summed E-state index contributed by atoms with van der Waals surface area (Å²) in [5.74, 6) is 0.546. The molecule has 2 heterocycles. The van der Waals surface area contributed by atoms with Gasteiger partial charge in [0.05, 0.1) is 11.6 Å². The van der Waals surface area contributed by atoms with Crippen molar-refractivity contribution in [1.82, 2.24) is 9.97 Å². The third kappa shape index (κ3) is 4.81. The number of hydrogen-bond acceptors (Lipinski definition) is 5. The van der Waals surface area contributed by atoms with Crippen LogP contribution in [0.3, 0.4) is 0 Å². The van der Waals surface area contributed by atoms with Gasteiger partial charge in [-0.15, -0.1) is 0 Å². The van der Waals surface area contributed by atoms with Crippen LogP contribution in [0, 0.1) is 18.3 Å². The van der Waals surface area contributed by atoms with Crippen molar-refractivity contribution in [1.29, 1.82) is 5.26 Å². The zero-order chi connectivity index (χ0) is 18.4. The number of rotatable bonds is 6. The molecule has 0 saturated heterocycles. The van der Waals surface area contributed by atoms with Crippen LogP contribution < -0.4 is 11.1 Å². The monoisotopic (exact) mass is 343 g/mol. The molecule has 130 valence electrons. The molecule has 0 aliphatic carbocycles. The zero-order valence-electron chi connectivity index (χ0n) is 14.7. The van der Waals surface area contributed by atoms with Crippen LogP contribution in [0.2, 0.25) is 0 Å². The largest absolute Gasteiger partial charge is 0.384 e. The number of anilines is 2. The summed E-state index contributed by atoms with van der Waals surface area (Å²) in [5, 5.41) is 12.7. The Balaban J connectivity index is 1.71. The van der Waals surface area contributed by atoms with E-state index < -0.39 is 0 Å². The number of aromatic nitrogens is 2. The van der Waals surface area contributed by atoms with Gasteiger partial charge in [-0.2, -0.15) is 5.26 Å². The molecule has 0 aliphatic rings. The lowest BCUT2D eigenvalue weighted by atomic mass is 10.0. The van der Waals surface area contributed by atoms with Gasteiger partial charge in [0.15, 0.2) is 0 Å². The SMILES string of the molecule is Cc1cc(N)nc(CCc2cc(C#N)cc(NCc3cccnc3)c2)c1. The molecule has 3 aromatic rings. The van der Waals surface area contributed by atoms with Crippen molar-refractivity contribution in [2.45, 2.75) is 26.3 Å². The van der Waals surface area contributed by atoms with Crippen molar-refractivity contribution in [3.63, 3.8) is 0 Å². The molecule has 0 amide bonds. The summed E-state index contributed by atoms with van der Waals surface area (Å²) in [6.07, 6.45) is 5.16. The van der Waals surface area contributed by atoms with Gasteiger partial charge in [-0.25, -0.2) is 4.98 Å². The molecule has 5 heteroatoms. The quantitative estimate of drug-likeness (QED) is 0.713. The van der Waals surface area contributed by atoms with Crippen molar-refractivity contribution < 1.29 is 0 Å². The fourth-order valence-electron chi connectivity index (χ4n) is 2.88. The van der Waals surface area contributed by atoms with Gasteiger partial charge < -0.3 is 11.1 Å². The second-order valence-corrected chi connectivity index (χ2v) is 6.31. The molecule has 0 fully saturated rings. The van der Waals surface area contributed by atoms with E-state index in [9.17, 15) is 5.26 Å². The van der Waals surface area contributed by atoms with Gasteiger partial charge in [-0.1, -0.05) is 6.07 Å². The molecule has 26 heavy (non-hydrogen) atoms. The normalized spacial score (nSPS) is 10.3. The molecule has 0 unspecified atom stereocenters. The van der Waals surface area contributed by atoms with Crippen LogP contribution in [-0.4, -0.2) is 9.97 Å². The minimum absolute atomic E-state index is 0.546. The first-order valence-corrected chi connectivity index (χ1v) is 8.52. The number of benzene rings is 1. The number of nitrogens with zero attached hydrogens (tertiary/aromatic N) is 3. The van der Waals surface area contributed by atoms with E-state index in [1.54, 1.807) is 6.20 Å². The molecule has 3 rings (SSSR count). The fourth-order valence-corrected chi connectivity index (χ4v) is 2.88. The van der Waals surface area contributed by atoms with Crippen molar-refractivity contribution in [2.24, 2.45) is 0 Å². The van der Waals surface area contributed by atoms with Crippen molar-refractivity contribution in [2.75, 3.05) is 11.1 Å². The van der Waals surface area contributed by atoms with Gasteiger partial charge in [0.25, 0.3) is 0 Å². The van der Waals surface area contributed by atoms with E-state index in [0.29, 0.717) is 17.9 Å². The summed E-state index contributed by atoms with van der Waals surface area (Å²) >= 11 is 0. The minimum atomic E-state index is 0.546. The summed E-state index contributed by atoms with van der Waals surface area (Å²) in [4.78, 5) is 8.50. The van der Waals surface area contributed by atoms with Gasteiger partial charge in [0.2, 0.25) is 0 Å². The minimum Gasteiger partial charge on any atom is -0.384 e. The summed E-state index contributed by atoms with van der Waals surface area (Å²) in [5.41, 5.74) is 11.7. The highest BCUT2D eigenvalue weighted by Gasteiger charge is 2.04. The summed E-state index contributed by atoms with van der Waals surface area (Å²) in [6, 6.07) is 15.9. The van der Waals surface area contributed by atoms with E-state index in [2.05, 4.69) is 27.4 Å². The highest BCUT2D eigenvalue weighted by atomic mass is 14.9. The standard InChI is InChI=1S/C21H21N5/c1-15-7-19(26-21(23)8-15)5-4-16-9-18(12-22)11-20(10-16)25-14-17-3-2-6-24-13-17/h2-3,6-11,13,25H,4-5,14H2,1H3,(H2,23,26). The van der Waals surface area contributed by atoms with Gasteiger partial charge in [0, 0.05) is 30.3 Å². The van der Waals surface area contributed by atoms with E-state index in [1.165, 1.54) is 0 Å². The second-order valence-electron chi connectivity index (χ2n) is 6.31. The fraction of sp³-hybridized carbons (Fsp3) is 0.190. The van der Waals surface area contributed by atoms with E-state index in [4.69, 9.17) is 5.73 Å². The van der Waals surface area contributed by atoms with Crippen LogP contribution in [0.25, 0.3) is 0 Å². The molecular formula is C21H21N5. The Morgan fingerprint density at radius 1 is 1.12 bits per heavy atom. The number of aryl methyl sites for hydroxylation is 3. The smallest absolute Gasteiger partial charge is 0.123 e. The second kappa shape index (κ2) is 8.13. The predicted molar refractivity (Wildman–Crippen MR) is 104 cm³/mol. The maximum absolute atomic E-state index is 9.31. The summed E-state index contributed by atoms with van der Waals surface area (Å²) in [6.45, 7) is 2.68. The number of nitrogens with two attached hydrogens (primary N) is 1. The molecule has 0 atom stereocenters. The Bertz CT molecular complexity index is 909. The number of hydrogen-bond donors (Lipinski definition) is 2. The summed E-state index contributed by atoms with van der Waals surface area (Å²) in [7, 11) is 0. The van der Waals surface area contributed by atoms with Crippen molar-refractivity contribution in [3.05, 3.63) is 82.8 Å². The zero-order valence-corrected chi connectivity index (χ0v) is 14.7.